The number of methoxy groups -OCH3 is 2. The number of carbonyl (C=O) groups excluding carboxylic acids is 1. The lowest BCUT2D eigenvalue weighted by molar-refractivity contribution is 0.101. The summed E-state index contributed by atoms with van der Waals surface area (Å²) < 4.78 is 9.94. The van der Waals surface area contributed by atoms with Gasteiger partial charge >= 0.3 is 0 Å². The molecule has 1 aromatic carbocycles. The van der Waals surface area contributed by atoms with E-state index >= 15 is 0 Å². The third-order valence-corrected chi connectivity index (χ3v) is 2.08. The summed E-state index contributed by atoms with van der Waals surface area (Å²) in [4.78, 5) is 11.2. The summed E-state index contributed by atoms with van der Waals surface area (Å²) in [6.45, 7) is 1.63. The highest BCUT2D eigenvalue weighted by atomic mass is 16.5. The van der Waals surface area contributed by atoms with E-state index in [-0.39, 0.29) is 23.7 Å². The van der Waals surface area contributed by atoms with Gasteiger partial charge in [0.2, 0.25) is 0 Å². The normalized spacial score (nSPS) is 10.1. The molecule has 0 bridgehead atoms. The largest absolute Gasteiger partial charge is 0.507 e. The van der Waals surface area contributed by atoms with E-state index in [4.69, 9.17) is 9.47 Å². The zero-order valence-electron chi connectivity index (χ0n) is 9.03. The van der Waals surface area contributed by atoms with Gasteiger partial charge in [-0.2, -0.15) is 0 Å². The van der Waals surface area contributed by atoms with Crippen molar-refractivity contribution in [2.45, 2.75) is 13.5 Å². The molecule has 0 saturated carbocycles. The molecule has 0 atom stereocenters. The number of ketones is 1. The van der Waals surface area contributed by atoms with Crippen LogP contribution in [0.25, 0.3) is 0 Å². The van der Waals surface area contributed by atoms with Crippen LogP contribution in [0.3, 0.4) is 0 Å². The Morgan fingerprint density at radius 3 is 2.53 bits per heavy atom. The fourth-order valence-corrected chi connectivity index (χ4v) is 1.32. The van der Waals surface area contributed by atoms with E-state index in [9.17, 15) is 9.90 Å². The number of aromatic hydroxyl groups is 1. The molecule has 0 aliphatic heterocycles. The number of hydrogen-bond acceptors (Lipinski definition) is 4. The molecule has 4 nitrogen and oxygen atoms in total. The van der Waals surface area contributed by atoms with Crippen LogP contribution in [0.5, 0.6) is 11.5 Å². The van der Waals surface area contributed by atoms with Crippen LogP contribution in [0, 0.1) is 0 Å². The lowest BCUT2D eigenvalue weighted by Crippen LogP contribution is -1.99. The summed E-state index contributed by atoms with van der Waals surface area (Å²) in [5, 5.41) is 9.75. The van der Waals surface area contributed by atoms with Gasteiger partial charge in [-0.1, -0.05) is 0 Å². The van der Waals surface area contributed by atoms with Gasteiger partial charge in [-0.15, -0.1) is 0 Å². The first kappa shape index (κ1) is 11.5. The second-order valence-electron chi connectivity index (χ2n) is 3.17. The fraction of sp³-hybridized carbons (Fsp3) is 0.364. The minimum Gasteiger partial charge on any atom is -0.507 e. The number of hydrogen-bond donors (Lipinski definition) is 1. The van der Waals surface area contributed by atoms with Gasteiger partial charge in [0.15, 0.2) is 5.78 Å². The van der Waals surface area contributed by atoms with Gasteiger partial charge in [-0.05, 0) is 19.1 Å². The van der Waals surface area contributed by atoms with Crippen LogP contribution in [0.15, 0.2) is 12.1 Å². The molecule has 0 aromatic heterocycles. The minimum atomic E-state index is -0.205. The first-order chi connectivity index (χ1) is 7.10. The summed E-state index contributed by atoms with van der Waals surface area (Å²) in [7, 11) is 3.03. The van der Waals surface area contributed by atoms with Gasteiger partial charge in [0.05, 0.1) is 19.3 Å². The second kappa shape index (κ2) is 4.79. The molecule has 1 rings (SSSR count). The van der Waals surface area contributed by atoms with E-state index in [0.717, 1.165) is 0 Å². The molecule has 0 spiro atoms. The van der Waals surface area contributed by atoms with Crippen molar-refractivity contribution in [1.82, 2.24) is 0 Å². The second-order valence-corrected chi connectivity index (χ2v) is 3.17. The molecule has 0 amide bonds. The Balaban J connectivity index is 3.26. The Morgan fingerprint density at radius 1 is 1.40 bits per heavy atom. The van der Waals surface area contributed by atoms with Gasteiger partial charge in [0.25, 0.3) is 0 Å². The zero-order valence-corrected chi connectivity index (χ0v) is 9.03. The van der Waals surface area contributed by atoms with Gasteiger partial charge < -0.3 is 14.6 Å². The van der Waals surface area contributed by atoms with Gasteiger partial charge in [-0.3, -0.25) is 4.79 Å². The molecular weight excluding hydrogens is 196 g/mol. The molecule has 1 aromatic rings. The van der Waals surface area contributed by atoms with E-state index in [2.05, 4.69) is 0 Å². The van der Waals surface area contributed by atoms with Crippen molar-refractivity contribution in [3.63, 3.8) is 0 Å². The molecule has 0 aliphatic rings. The van der Waals surface area contributed by atoms with E-state index < -0.39 is 0 Å². The summed E-state index contributed by atoms with van der Waals surface area (Å²) in [5.74, 6) is 0.291. The van der Waals surface area contributed by atoms with Crippen LogP contribution >= 0.6 is 0 Å². The Kier molecular flexibility index (Phi) is 3.68. The van der Waals surface area contributed by atoms with Crippen LogP contribution in [-0.2, 0) is 11.3 Å². The van der Waals surface area contributed by atoms with Crippen molar-refractivity contribution in [3.8, 4) is 11.5 Å². The van der Waals surface area contributed by atoms with Crippen LogP contribution in [-0.4, -0.2) is 25.1 Å². The first-order valence-electron chi connectivity index (χ1n) is 4.50. The minimum absolute atomic E-state index is 0.0369. The lowest BCUT2D eigenvalue weighted by Gasteiger charge is -2.10. The van der Waals surface area contributed by atoms with Crippen molar-refractivity contribution >= 4 is 5.78 Å². The predicted molar refractivity (Wildman–Crippen MR) is 55.4 cm³/mol. The van der Waals surface area contributed by atoms with Crippen LogP contribution < -0.4 is 4.74 Å². The van der Waals surface area contributed by atoms with Crippen molar-refractivity contribution in [2.24, 2.45) is 0 Å². The Morgan fingerprint density at radius 2 is 2.07 bits per heavy atom. The van der Waals surface area contributed by atoms with Gasteiger partial charge in [-0.25, -0.2) is 0 Å². The molecular formula is C11H14O4. The van der Waals surface area contributed by atoms with E-state index in [0.29, 0.717) is 11.3 Å². The molecule has 0 unspecified atom stereocenters. The average molecular weight is 210 g/mol. The zero-order chi connectivity index (χ0) is 11.4. The molecule has 0 saturated heterocycles. The molecule has 0 fully saturated rings. The first-order valence-corrected chi connectivity index (χ1v) is 4.50. The van der Waals surface area contributed by atoms with E-state index in [1.807, 2.05) is 0 Å². The summed E-state index contributed by atoms with van der Waals surface area (Å²) in [6.07, 6.45) is 0. The third kappa shape index (κ3) is 2.47. The number of benzene rings is 1. The molecule has 4 heteroatoms. The fourth-order valence-electron chi connectivity index (χ4n) is 1.32. The van der Waals surface area contributed by atoms with Crippen molar-refractivity contribution < 1.29 is 19.4 Å². The highest BCUT2D eigenvalue weighted by Crippen LogP contribution is 2.29. The number of Topliss-reactive ketones (excluding diaryl/α,β-unsaturated/α-hetero) is 1. The Labute approximate surface area is 88.4 Å². The van der Waals surface area contributed by atoms with Crippen molar-refractivity contribution in [1.29, 1.82) is 0 Å². The lowest BCUT2D eigenvalue weighted by atomic mass is 10.1. The number of rotatable bonds is 4. The summed E-state index contributed by atoms with van der Waals surface area (Å²) in [5.41, 5.74) is 0.795. The Hall–Kier alpha value is -1.55. The highest BCUT2D eigenvalue weighted by molar-refractivity contribution is 5.97. The highest BCUT2D eigenvalue weighted by Gasteiger charge is 2.13. The Bertz CT molecular complexity index is 371. The number of carbonyl (C=O) groups is 1. The predicted octanol–water partition coefficient (Wildman–Crippen LogP) is 1.75. The molecule has 15 heavy (non-hydrogen) atoms. The molecule has 0 radical (unpaired) electrons. The molecule has 1 N–H and O–H groups in total. The monoisotopic (exact) mass is 210 g/mol. The van der Waals surface area contributed by atoms with Crippen LogP contribution in [0.2, 0.25) is 0 Å². The van der Waals surface area contributed by atoms with Gasteiger partial charge in [0.1, 0.15) is 11.5 Å². The van der Waals surface area contributed by atoms with E-state index in [1.165, 1.54) is 27.2 Å². The SMILES string of the molecule is COCc1cc(OC)cc(C(C)=O)c1O. The average Bonchev–Trinajstić information content (AvgIpc) is 2.21. The maximum Gasteiger partial charge on any atom is 0.163 e. The van der Waals surface area contributed by atoms with Crippen molar-refractivity contribution in [2.75, 3.05) is 14.2 Å². The summed E-state index contributed by atoms with van der Waals surface area (Å²) in [6, 6.07) is 3.15. The standard InChI is InChI=1S/C11H14O4/c1-7(12)10-5-9(15-3)4-8(6-14-2)11(10)13/h4-5,13H,6H2,1-3H3. The summed E-state index contributed by atoms with van der Waals surface area (Å²) >= 11 is 0. The van der Waals surface area contributed by atoms with E-state index in [1.54, 1.807) is 6.07 Å². The number of phenols is 1. The third-order valence-electron chi connectivity index (χ3n) is 2.08. The maximum absolute atomic E-state index is 11.2. The smallest absolute Gasteiger partial charge is 0.163 e. The topological polar surface area (TPSA) is 55.8 Å². The number of phenolic OH excluding ortho intramolecular Hbond substituents is 1. The number of ether oxygens (including phenoxy) is 2. The molecule has 0 heterocycles. The molecule has 0 aliphatic carbocycles. The van der Waals surface area contributed by atoms with Gasteiger partial charge in [0, 0.05) is 12.7 Å². The maximum atomic E-state index is 11.2. The van der Waals surface area contributed by atoms with Crippen molar-refractivity contribution in [3.05, 3.63) is 23.3 Å². The quantitative estimate of drug-likeness (QED) is 0.769. The van der Waals surface area contributed by atoms with Crippen LogP contribution in [0.1, 0.15) is 22.8 Å². The van der Waals surface area contributed by atoms with Crippen LogP contribution in [0.4, 0.5) is 0 Å². The molecule has 82 valence electrons.